The average molecular weight is 214 g/mol. The third-order valence-corrected chi connectivity index (χ3v) is 2.06. The van der Waals surface area contributed by atoms with Gasteiger partial charge in [0.1, 0.15) is 11.9 Å². The summed E-state index contributed by atoms with van der Waals surface area (Å²) in [5.41, 5.74) is 7.65. The molecule has 0 saturated heterocycles. The topological polar surface area (TPSA) is 103 Å². The molecule has 0 fully saturated rings. The fourth-order valence-electron chi connectivity index (χ4n) is 1.25. The molecule has 16 heavy (non-hydrogen) atoms. The molecule has 80 valence electrons. The molecule has 0 bridgehead atoms. The highest BCUT2D eigenvalue weighted by Crippen LogP contribution is 2.16. The Balaban J connectivity index is 2.08. The maximum Gasteiger partial charge on any atom is 0.149 e. The van der Waals surface area contributed by atoms with Crippen molar-refractivity contribution in [2.45, 2.75) is 6.54 Å². The number of hydrogen-bond acceptors (Lipinski definition) is 5. The number of rotatable bonds is 3. The van der Waals surface area contributed by atoms with Crippen LogP contribution < -0.4 is 11.1 Å². The zero-order valence-electron chi connectivity index (χ0n) is 8.44. The summed E-state index contributed by atoms with van der Waals surface area (Å²) in [6, 6.07) is 3.57. The summed E-state index contributed by atoms with van der Waals surface area (Å²) in [5.74, 6) is 0.570. The molecule has 0 spiro atoms. The minimum absolute atomic E-state index is 0.450. The third-order valence-electron chi connectivity index (χ3n) is 2.06. The largest absolute Gasteiger partial charge is 0.396 e. The van der Waals surface area contributed by atoms with Crippen LogP contribution in [-0.4, -0.2) is 15.2 Å². The highest BCUT2D eigenvalue weighted by molar-refractivity contribution is 5.63. The van der Waals surface area contributed by atoms with Gasteiger partial charge in [-0.25, -0.2) is 4.98 Å². The fraction of sp³-hybridized carbons (Fsp3) is 0.100. The van der Waals surface area contributed by atoms with E-state index in [1.807, 2.05) is 6.07 Å². The Morgan fingerprint density at radius 1 is 1.50 bits per heavy atom. The average Bonchev–Trinajstić information content (AvgIpc) is 2.80. The van der Waals surface area contributed by atoms with Gasteiger partial charge in [0.25, 0.3) is 0 Å². The Morgan fingerprint density at radius 2 is 2.38 bits per heavy atom. The smallest absolute Gasteiger partial charge is 0.149 e. The predicted octanol–water partition coefficient (Wildman–Crippen LogP) is 0.871. The first-order chi connectivity index (χ1) is 7.79. The molecule has 0 aliphatic rings. The zero-order valence-corrected chi connectivity index (χ0v) is 8.44. The molecule has 0 saturated carbocycles. The van der Waals surface area contributed by atoms with Gasteiger partial charge in [-0.1, -0.05) is 0 Å². The van der Waals surface area contributed by atoms with Gasteiger partial charge in [-0.3, -0.25) is 5.10 Å². The Morgan fingerprint density at radius 3 is 3.00 bits per heavy atom. The molecule has 0 radical (unpaired) electrons. The SMILES string of the molecule is N#Cc1cnc(NCc2cn[nH]c2)c(N)c1. The van der Waals surface area contributed by atoms with Crippen molar-refractivity contribution in [2.75, 3.05) is 11.1 Å². The van der Waals surface area contributed by atoms with Crippen molar-refractivity contribution < 1.29 is 0 Å². The maximum atomic E-state index is 8.65. The molecular weight excluding hydrogens is 204 g/mol. The monoisotopic (exact) mass is 214 g/mol. The van der Waals surface area contributed by atoms with Crippen LogP contribution in [0.3, 0.4) is 0 Å². The highest BCUT2D eigenvalue weighted by atomic mass is 15.1. The summed E-state index contributed by atoms with van der Waals surface area (Å²) in [7, 11) is 0. The summed E-state index contributed by atoms with van der Waals surface area (Å²) in [5, 5.41) is 18.3. The van der Waals surface area contributed by atoms with E-state index in [-0.39, 0.29) is 0 Å². The van der Waals surface area contributed by atoms with Gasteiger partial charge in [-0.15, -0.1) is 0 Å². The van der Waals surface area contributed by atoms with Crippen LogP contribution in [0.15, 0.2) is 24.7 Å². The van der Waals surface area contributed by atoms with Crippen LogP contribution in [0.2, 0.25) is 0 Å². The summed E-state index contributed by atoms with van der Waals surface area (Å²) in [6.07, 6.45) is 4.98. The molecule has 0 unspecified atom stereocenters. The number of hydrogen-bond donors (Lipinski definition) is 3. The lowest BCUT2D eigenvalue weighted by Gasteiger charge is -2.06. The zero-order chi connectivity index (χ0) is 11.4. The van der Waals surface area contributed by atoms with Crippen molar-refractivity contribution in [3.63, 3.8) is 0 Å². The van der Waals surface area contributed by atoms with Gasteiger partial charge in [0.2, 0.25) is 0 Å². The number of nitrogen functional groups attached to an aromatic ring is 1. The van der Waals surface area contributed by atoms with Crippen molar-refractivity contribution in [3.8, 4) is 6.07 Å². The number of pyridine rings is 1. The lowest BCUT2D eigenvalue weighted by molar-refractivity contribution is 1.09. The number of nitrogens with one attached hydrogen (secondary N) is 2. The van der Waals surface area contributed by atoms with E-state index in [2.05, 4.69) is 20.5 Å². The molecule has 2 rings (SSSR count). The van der Waals surface area contributed by atoms with E-state index >= 15 is 0 Å². The number of nitrogens with zero attached hydrogens (tertiary/aromatic N) is 3. The van der Waals surface area contributed by atoms with E-state index in [1.54, 1.807) is 18.5 Å². The van der Waals surface area contributed by atoms with Gasteiger partial charge in [0.05, 0.1) is 17.4 Å². The summed E-state index contributed by atoms with van der Waals surface area (Å²) in [4.78, 5) is 4.06. The lowest BCUT2D eigenvalue weighted by atomic mass is 10.2. The van der Waals surface area contributed by atoms with E-state index < -0.39 is 0 Å². The fourth-order valence-corrected chi connectivity index (χ4v) is 1.25. The van der Waals surface area contributed by atoms with E-state index in [9.17, 15) is 0 Å². The van der Waals surface area contributed by atoms with Crippen molar-refractivity contribution in [1.29, 1.82) is 5.26 Å². The Bertz CT molecular complexity index is 511. The second kappa shape index (κ2) is 4.31. The van der Waals surface area contributed by atoms with Crippen LogP contribution in [0.25, 0.3) is 0 Å². The molecule has 6 heteroatoms. The first-order valence-electron chi connectivity index (χ1n) is 4.67. The van der Waals surface area contributed by atoms with Crippen molar-refractivity contribution in [2.24, 2.45) is 0 Å². The van der Waals surface area contributed by atoms with Crippen LogP contribution in [-0.2, 0) is 6.54 Å². The second-order valence-corrected chi connectivity index (χ2v) is 3.23. The molecule has 2 aromatic heterocycles. The van der Waals surface area contributed by atoms with Gasteiger partial charge in [-0.2, -0.15) is 10.4 Å². The van der Waals surface area contributed by atoms with Crippen LogP contribution in [0.4, 0.5) is 11.5 Å². The number of aromatic amines is 1. The Hall–Kier alpha value is -2.55. The standard InChI is InChI=1S/C10H10N6/c11-2-7-1-9(12)10(13-3-7)14-4-8-5-15-16-6-8/h1,3,5-6H,4,12H2,(H,13,14)(H,15,16). The first-order valence-corrected chi connectivity index (χ1v) is 4.67. The second-order valence-electron chi connectivity index (χ2n) is 3.23. The number of nitriles is 1. The number of anilines is 2. The molecule has 4 N–H and O–H groups in total. The molecular formula is C10H10N6. The van der Waals surface area contributed by atoms with Crippen LogP contribution in [0, 0.1) is 11.3 Å². The lowest BCUT2D eigenvalue weighted by Crippen LogP contribution is -2.04. The molecule has 0 atom stereocenters. The van der Waals surface area contributed by atoms with E-state index in [4.69, 9.17) is 11.0 Å². The van der Waals surface area contributed by atoms with E-state index in [1.165, 1.54) is 6.20 Å². The van der Waals surface area contributed by atoms with Crippen molar-refractivity contribution in [1.82, 2.24) is 15.2 Å². The van der Waals surface area contributed by atoms with Crippen molar-refractivity contribution >= 4 is 11.5 Å². The highest BCUT2D eigenvalue weighted by Gasteiger charge is 2.02. The predicted molar refractivity (Wildman–Crippen MR) is 59.3 cm³/mol. The Labute approximate surface area is 92.1 Å². The number of aromatic nitrogens is 3. The molecule has 2 heterocycles. The summed E-state index contributed by atoms with van der Waals surface area (Å²) in [6.45, 7) is 0.583. The van der Waals surface area contributed by atoms with Crippen LogP contribution in [0.1, 0.15) is 11.1 Å². The third kappa shape index (κ3) is 2.09. The first kappa shape index (κ1) is 9.98. The van der Waals surface area contributed by atoms with Gasteiger partial charge in [0.15, 0.2) is 0 Å². The van der Waals surface area contributed by atoms with Gasteiger partial charge >= 0.3 is 0 Å². The van der Waals surface area contributed by atoms with E-state index in [0.29, 0.717) is 23.6 Å². The molecule has 0 aliphatic carbocycles. The molecule has 2 aromatic rings. The summed E-state index contributed by atoms with van der Waals surface area (Å²) < 4.78 is 0. The van der Waals surface area contributed by atoms with Crippen molar-refractivity contribution in [3.05, 3.63) is 35.8 Å². The van der Waals surface area contributed by atoms with Gasteiger partial charge < -0.3 is 11.1 Å². The number of nitrogens with two attached hydrogens (primary N) is 1. The van der Waals surface area contributed by atoms with Gasteiger partial charge in [-0.05, 0) is 6.07 Å². The Kier molecular flexibility index (Phi) is 2.69. The minimum atomic E-state index is 0.450. The maximum absolute atomic E-state index is 8.65. The quantitative estimate of drug-likeness (QED) is 0.703. The van der Waals surface area contributed by atoms with Crippen LogP contribution in [0.5, 0.6) is 0 Å². The van der Waals surface area contributed by atoms with E-state index in [0.717, 1.165) is 5.56 Å². The normalized spacial score (nSPS) is 9.69. The molecule has 6 nitrogen and oxygen atoms in total. The molecule has 0 amide bonds. The van der Waals surface area contributed by atoms with Gasteiger partial charge in [0, 0.05) is 24.5 Å². The minimum Gasteiger partial charge on any atom is -0.396 e. The molecule has 0 aliphatic heterocycles. The molecule has 0 aromatic carbocycles. The number of H-pyrrole nitrogens is 1. The van der Waals surface area contributed by atoms with Crippen LogP contribution >= 0.6 is 0 Å². The summed E-state index contributed by atoms with van der Waals surface area (Å²) >= 11 is 0.